The molecule has 2 N–H and O–H groups in total. The first-order valence-corrected chi connectivity index (χ1v) is 12.3. The summed E-state index contributed by atoms with van der Waals surface area (Å²) in [7, 11) is 2.14. The smallest absolute Gasteiger partial charge is 0.404 e. The van der Waals surface area contributed by atoms with Crippen molar-refractivity contribution in [1.82, 2.24) is 24.6 Å². The first-order chi connectivity index (χ1) is 18.0. The average molecular weight is 497 g/mol. The summed E-state index contributed by atoms with van der Waals surface area (Å²) in [5.74, 6) is 0.963. The van der Waals surface area contributed by atoms with Gasteiger partial charge >= 0.3 is 6.09 Å². The lowest BCUT2D eigenvalue weighted by molar-refractivity contribution is 0.148. The molecule has 1 aliphatic heterocycles. The molecule has 37 heavy (non-hydrogen) atoms. The summed E-state index contributed by atoms with van der Waals surface area (Å²) < 4.78 is 8.30. The van der Waals surface area contributed by atoms with Crippen molar-refractivity contribution in [2.75, 3.05) is 26.7 Å². The number of nitriles is 1. The number of fused-ring (bicyclic) bond motifs is 1. The van der Waals surface area contributed by atoms with E-state index in [0.717, 1.165) is 53.8 Å². The lowest BCUT2D eigenvalue weighted by atomic mass is 9.99. The Morgan fingerprint density at radius 2 is 1.95 bits per heavy atom. The van der Waals surface area contributed by atoms with E-state index in [1.165, 1.54) is 0 Å². The molecule has 1 amide bonds. The van der Waals surface area contributed by atoms with Gasteiger partial charge in [-0.2, -0.15) is 5.26 Å². The Hall–Kier alpha value is -4.42. The van der Waals surface area contributed by atoms with Crippen molar-refractivity contribution in [2.45, 2.75) is 19.4 Å². The van der Waals surface area contributed by atoms with Gasteiger partial charge in [0.25, 0.3) is 0 Å². The second-order valence-corrected chi connectivity index (χ2v) is 9.39. The minimum absolute atomic E-state index is 0.222. The number of hydrogen-bond donors (Lipinski definition) is 2. The first-order valence-electron chi connectivity index (χ1n) is 12.3. The van der Waals surface area contributed by atoms with Gasteiger partial charge in [-0.3, -0.25) is 4.40 Å². The third kappa shape index (κ3) is 5.39. The molecule has 5 rings (SSSR count). The number of piperidine rings is 1. The fourth-order valence-electron chi connectivity index (χ4n) is 4.81. The standard InChI is InChI=1S/C28H28N6O3/c1-33-12-2-3-21(16-33)17-37-27-24-15-30-18-34(24)26(23-10-6-20(7-11-23)14-31-28(35)36)25(32-27)22-8-4-19(13-29)5-9-22/h4-11,15,18,21,31H,2-3,12,14,16-17H2,1H3,(H,35,36)/t21-/m1/s1. The molecule has 0 saturated carbocycles. The summed E-state index contributed by atoms with van der Waals surface area (Å²) in [6, 6.07) is 17.2. The number of nitrogens with zero attached hydrogens (tertiary/aromatic N) is 5. The van der Waals surface area contributed by atoms with Gasteiger partial charge in [0.15, 0.2) is 0 Å². The molecule has 188 valence electrons. The number of hydrogen-bond acceptors (Lipinski definition) is 6. The largest absolute Gasteiger partial charge is 0.476 e. The van der Waals surface area contributed by atoms with E-state index in [1.54, 1.807) is 24.7 Å². The van der Waals surface area contributed by atoms with Crippen molar-refractivity contribution in [3.05, 3.63) is 72.2 Å². The maximum Gasteiger partial charge on any atom is 0.404 e. The number of imidazole rings is 1. The van der Waals surface area contributed by atoms with Crippen LogP contribution in [0.15, 0.2) is 61.1 Å². The average Bonchev–Trinajstić information content (AvgIpc) is 3.41. The third-order valence-electron chi connectivity index (χ3n) is 6.67. The van der Waals surface area contributed by atoms with Crippen molar-refractivity contribution in [1.29, 1.82) is 5.26 Å². The van der Waals surface area contributed by atoms with Gasteiger partial charge < -0.3 is 20.1 Å². The van der Waals surface area contributed by atoms with E-state index >= 15 is 0 Å². The van der Waals surface area contributed by atoms with E-state index in [2.05, 4.69) is 28.3 Å². The first kappa shape index (κ1) is 24.3. The van der Waals surface area contributed by atoms with Crippen molar-refractivity contribution in [2.24, 2.45) is 5.92 Å². The zero-order valence-corrected chi connectivity index (χ0v) is 20.6. The lowest BCUT2D eigenvalue weighted by Crippen LogP contribution is -2.34. The molecular formula is C28H28N6O3. The minimum atomic E-state index is -1.06. The highest BCUT2D eigenvalue weighted by atomic mass is 16.5. The van der Waals surface area contributed by atoms with E-state index in [1.807, 2.05) is 40.8 Å². The van der Waals surface area contributed by atoms with Crippen LogP contribution in [0.25, 0.3) is 28.0 Å². The normalized spacial score (nSPS) is 15.8. The Bertz CT molecular complexity index is 1440. The van der Waals surface area contributed by atoms with Gasteiger partial charge in [-0.15, -0.1) is 0 Å². The van der Waals surface area contributed by atoms with Gasteiger partial charge in [0, 0.05) is 30.1 Å². The molecule has 2 aromatic carbocycles. The minimum Gasteiger partial charge on any atom is -0.476 e. The molecule has 1 saturated heterocycles. The topological polar surface area (TPSA) is 116 Å². The number of rotatable bonds is 7. The summed E-state index contributed by atoms with van der Waals surface area (Å²) in [5, 5.41) is 20.6. The molecule has 2 aromatic heterocycles. The van der Waals surface area contributed by atoms with Crippen LogP contribution in [0.2, 0.25) is 0 Å². The van der Waals surface area contributed by atoms with Crippen LogP contribution in [0.4, 0.5) is 4.79 Å². The van der Waals surface area contributed by atoms with Crippen molar-refractivity contribution >= 4 is 11.6 Å². The summed E-state index contributed by atoms with van der Waals surface area (Å²) in [6.07, 6.45) is 4.73. The zero-order chi connectivity index (χ0) is 25.8. The maximum absolute atomic E-state index is 10.9. The second-order valence-electron chi connectivity index (χ2n) is 9.39. The van der Waals surface area contributed by atoms with E-state index in [-0.39, 0.29) is 6.54 Å². The van der Waals surface area contributed by atoms with Gasteiger partial charge in [-0.1, -0.05) is 36.4 Å². The number of nitrogens with one attached hydrogen (secondary N) is 1. The summed E-state index contributed by atoms with van der Waals surface area (Å²) in [4.78, 5) is 22.6. The van der Waals surface area contributed by atoms with Crippen molar-refractivity contribution in [3.63, 3.8) is 0 Å². The van der Waals surface area contributed by atoms with Crippen LogP contribution in [0, 0.1) is 17.2 Å². The molecule has 9 nitrogen and oxygen atoms in total. The van der Waals surface area contributed by atoms with Crippen LogP contribution in [0.3, 0.4) is 0 Å². The summed E-state index contributed by atoms with van der Waals surface area (Å²) in [6.45, 7) is 2.92. The van der Waals surface area contributed by atoms with Crippen LogP contribution in [0.5, 0.6) is 5.88 Å². The highest BCUT2D eigenvalue weighted by Gasteiger charge is 2.22. The number of ether oxygens (including phenoxy) is 1. The van der Waals surface area contributed by atoms with Gasteiger partial charge in [0.2, 0.25) is 5.88 Å². The molecular weight excluding hydrogens is 468 g/mol. The number of carboxylic acid groups (broad SMARTS) is 1. The molecule has 0 radical (unpaired) electrons. The predicted octanol–water partition coefficient (Wildman–Crippen LogP) is 4.42. The SMILES string of the molecule is CN1CCC[C@@H](COc2nc(-c3ccc(C#N)cc3)c(-c3ccc(CNC(=O)O)cc3)n3cncc23)C1. The number of aromatic nitrogens is 3. The third-order valence-corrected chi connectivity index (χ3v) is 6.67. The van der Waals surface area contributed by atoms with Crippen molar-refractivity contribution < 1.29 is 14.6 Å². The van der Waals surface area contributed by atoms with Crippen LogP contribution in [-0.4, -0.2) is 57.2 Å². The number of likely N-dealkylation sites (tertiary alicyclic amines) is 1. The molecule has 1 atom stereocenters. The highest BCUT2D eigenvalue weighted by molar-refractivity contribution is 5.82. The second kappa shape index (κ2) is 10.7. The van der Waals surface area contributed by atoms with Gasteiger partial charge in [0.1, 0.15) is 5.52 Å². The van der Waals surface area contributed by atoms with Crippen molar-refractivity contribution in [3.8, 4) is 34.5 Å². The van der Waals surface area contributed by atoms with E-state index < -0.39 is 6.09 Å². The molecule has 0 spiro atoms. The Labute approximate surface area is 215 Å². The zero-order valence-electron chi connectivity index (χ0n) is 20.6. The van der Waals surface area contributed by atoms with E-state index in [4.69, 9.17) is 14.8 Å². The Morgan fingerprint density at radius 1 is 1.19 bits per heavy atom. The Kier molecular flexibility index (Phi) is 7.01. The fraction of sp³-hybridized carbons (Fsp3) is 0.286. The Morgan fingerprint density at radius 3 is 2.65 bits per heavy atom. The van der Waals surface area contributed by atoms with Gasteiger partial charge in [-0.25, -0.2) is 14.8 Å². The summed E-state index contributed by atoms with van der Waals surface area (Å²) >= 11 is 0. The molecule has 0 unspecified atom stereocenters. The van der Waals surface area contributed by atoms with E-state index in [0.29, 0.717) is 29.7 Å². The van der Waals surface area contributed by atoms with Gasteiger partial charge in [0.05, 0.1) is 42.2 Å². The molecule has 3 heterocycles. The number of carbonyl (C=O) groups is 1. The van der Waals surface area contributed by atoms with E-state index in [9.17, 15) is 10.1 Å². The van der Waals surface area contributed by atoms with Crippen LogP contribution in [0.1, 0.15) is 24.0 Å². The molecule has 1 fully saturated rings. The molecule has 0 aliphatic carbocycles. The summed E-state index contributed by atoms with van der Waals surface area (Å²) in [5.41, 5.74) is 5.48. The molecule has 4 aromatic rings. The predicted molar refractivity (Wildman–Crippen MR) is 139 cm³/mol. The number of amides is 1. The fourth-order valence-corrected chi connectivity index (χ4v) is 4.81. The molecule has 9 heteroatoms. The van der Waals surface area contributed by atoms with Gasteiger partial charge in [-0.05, 0) is 44.1 Å². The quantitative estimate of drug-likeness (QED) is 0.389. The maximum atomic E-state index is 10.9. The molecule has 0 bridgehead atoms. The van der Waals surface area contributed by atoms with Crippen LogP contribution in [-0.2, 0) is 6.54 Å². The molecule has 1 aliphatic rings. The van der Waals surface area contributed by atoms with Crippen LogP contribution >= 0.6 is 0 Å². The lowest BCUT2D eigenvalue weighted by Gasteiger charge is -2.29. The monoisotopic (exact) mass is 496 g/mol. The van der Waals surface area contributed by atoms with Crippen LogP contribution < -0.4 is 10.1 Å². The number of benzene rings is 2. The highest BCUT2D eigenvalue weighted by Crippen LogP contribution is 2.35. The Balaban J connectivity index is 1.56.